The van der Waals surface area contributed by atoms with Crippen LogP contribution >= 0.6 is 0 Å². The molecule has 1 amide bonds. The van der Waals surface area contributed by atoms with Crippen molar-refractivity contribution in [1.82, 2.24) is 19.9 Å². The lowest BCUT2D eigenvalue weighted by Gasteiger charge is -2.28. The first-order chi connectivity index (χ1) is 11.7. The summed E-state index contributed by atoms with van der Waals surface area (Å²) in [7, 11) is 0. The van der Waals surface area contributed by atoms with Crippen LogP contribution in [0.4, 0.5) is 11.8 Å². The summed E-state index contributed by atoms with van der Waals surface area (Å²) in [6.07, 6.45) is 3.04. The lowest BCUT2D eigenvalue weighted by molar-refractivity contribution is -0.156. The van der Waals surface area contributed by atoms with E-state index in [9.17, 15) is 9.59 Å². The summed E-state index contributed by atoms with van der Waals surface area (Å²) in [6.45, 7) is 7.58. The number of fused-ring (bicyclic) bond motifs is 1. The summed E-state index contributed by atoms with van der Waals surface area (Å²) < 4.78 is 5.54. The summed E-state index contributed by atoms with van der Waals surface area (Å²) >= 11 is 0. The number of aromatic amines is 1. The lowest BCUT2D eigenvalue weighted by atomic mass is 10.1. The largest absolute Gasteiger partial charge is 0.458 e. The molecule has 0 aliphatic carbocycles. The summed E-state index contributed by atoms with van der Waals surface area (Å²) in [5, 5.41) is 2.58. The zero-order valence-electron chi connectivity index (χ0n) is 14.8. The minimum atomic E-state index is -0.554. The molecule has 2 aromatic rings. The number of esters is 1. The van der Waals surface area contributed by atoms with Gasteiger partial charge >= 0.3 is 5.97 Å². The Morgan fingerprint density at radius 2 is 2.12 bits per heavy atom. The summed E-state index contributed by atoms with van der Waals surface area (Å²) in [5.74, 6) is 0.153. The van der Waals surface area contributed by atoms with Crippen LogP contribution in [0, 0.1) is 0 Å². The summed E-state index contributed by atoms with van der Waals surface area (Å²) in [6, 6.07) is -0.425. The molecule has 0 saturated carbocycles. The van der Waals surface area contributed by atoms with Crippen molar-refractivity contribution < 1.29 is 14.3 Å². The van der Waals surface area contributed by atoms with Crippen molar-refractivity contribution >= 4 is 34.8 Å². The van der Waals surface area contributed by atoms with Crippen LogP contribution in [0.2, 0.25) is 0 Å². The molecule has 0 spiro atoms. The summed E-state index contributed by atoms with van der Waals surface area (Å²) in [5.41, 5.74) is 0.509. The molecule has 3 heterocycles. The monoisotopic (exact) mass is 346 g/mol. The Balaban J connectivity index is 1.97. The number of nitrogens with one attached hydrogen (secondary N) is 2. The quantitative estimate of drug-likeness (QED) is 0.812. The Bertz CT molecular complexity index is 810. The third-order valence-corrected chi connectivity index (χ3v) is 3.76. The third-order valence-electron chi connectivity index (χ3n) is 3.76. The van der Waals surface area contributed by atoms with Crippen LogP contribution in [0.15, 0.2) is 6.33 Å². The molecule has 0 bridgehead atoms. The number of ether oxygens (including phenoxy) is 1. The van der Waals surface area contributed by atoms with E-state index in [1.54, 1.807) is 0 Å². The third kappa shape index (κ3) is 3.70. The SMILES string of the molecule is CC(=O)Nc1nc(N2CCC[C@H]2C(=O)OC(C)(C)C)c2[nH]cnc2n1. The van der Waals surface area contributed by atoms with Crippen LogP contribution in [0.5, 0.6) is 0 Å². The Morgan fingerprint density at radius 1 is 1.36 bits per heavy atom. The van der Waals surface area contributed by atoms with E-state index in [0.29, 0.717) is 29.9 Å². The van der Waals surface area contributed by atoms with E-state index >= 15 is 0 Å². The molecule has 1 atom stereocenters. The summed E-state index contributed by atoms with van der Waals surface area (Å²) in [4.78, 5) is 41.6. The molecule has 0 radical (unpaired) electrons. The number of anilines is 2. The predicted molar refractivity (Wildman–Crippen MR) is 92.2 cm³/mol. The van der Waals surface area contributed by atoms with Crippen molar-refractivity contribution in [2.24, 2.45) is 0 Å². The number of nitrogens with zero attached hydrogens (tertiary/aromatic N) is 4. The highest BCUT2D eigenvalue weighted by atomic mass is 16.6. The van der Waals surface area contributed by atoms with E-state index in [0.717, 1.165) is 6.42 Å². The van der Waals surface area contributed by atoms with Gasteiger partial charge in [-0.2, -0.15) is 9.97 Å². The molecule has 1 aliphatic heterocycles. The van der Waals surface area contributed by atoms with Gasteiger partial charge in [-0.3, -0.25) is 10.1 Å². The van der Waals surface area contributed by atoms with Gasteiger partial charge in [0, 0.05) is 13.5 Å². The van der Waals surface area contributed by atoms with E-state index < -0.39 is 11.6 Å². The first-order valence-electron chi connectivity index (χ1n) is 8.23. The van der Waals surface area contributed by atoms with E-state index in [1.165, 1.54) is 13.3 Å². The van der Waals surface area contributed by atoms with Gasteiger partial charge in [0.1, 0.15) is 17.2 Å². The fourth-order valence-electron chi connectivity index (χ4n) is 2.87. The number of aromatic nitrogens is 4. The van der Waals surface area contributed by atoms with Crippen molar-refractivity contribution in [1.29, 1.82) is 0 Å². The van der Waals surface area contributed by atoms with Crippen molar-refractivity contribution in [3.8, 4) is 0 Å². The predicted octanol–water partition coefficient (Wildman–Crippen LogP) is 1.62. The minimum Gasteiger partial charge on any atom is -0.458 e. The Kier molecular flexibility index (Phi) is 4.32. The second-order valence-corrected chi connectivity index (χ2v) is 7.04. The van der Waals surface area contributed by atoms with Crippen LogP contribution in [0.25, 0.3) is 11.2 Å². The molecule has 1 saturated heterocycles. The molecule has 9 nitrogen and oxygen atoms in total. The highest BCUT2D eigenvalue weighted by molar-refractivity contribution is 5.92. The van der Waals surface area contributed by atoms with Crippen LogP contribution in [0.3, 0.4) is 0 Å². The van der Waals surface area contributed by atoms with Gasteiger partial charge in [0.15, 0.2) is 11.5 Å². The molecule has 9 heteroatoms. The van der Waals surface area contributed by atoms with Gasteiger partial charge in [-0.25, -0.2) is 9.78 Å². The number of rotatable bonds is 3. The maximum Gasteiger partial charge on any atom is 0.329 e. The van der Waals surface area contributed by atoms with Crippen molar-refractivity contribution in [2.45, 2.75) is 52.2 Å². The zero-order chi connectivity index (χ0) is 18.2. The van der Waals surface area contributed by atoms with Crippen LogP contribution in [-0.4, -0.2) is 50.0 Å². The maximum atomic E-state index is 12.6. The molecule has 3 rings (SSSR count). The van der Waals surface area contributed by atoms with Gasteiger partial charge in [-0.05, 0) is 33.6 Å². The second kappa shape index (κ2) is 6.30. The number of hydrogen-bond acceptors (Lipinski definition) is 7. The molecule has 1 aliphatic rings. The second-order valence-electron chi connectivity index (χ2n) is 7.04. The van der Waals surface area contributed by atoms with Gasteiger partial charge in [-0.15, -0.1) is 0 Å². The standard InChI is InChI=1S/C16H22N6O3/c1-9(23)19-15-20-12-11(17-8-18-12)13(21-15)22-7-5-6-10(22)14(24)25-16(2,3)4/h8,10H,5-7H2,1-4H3,(H2,17,18,19,20,21,23)/t10-/m0/s1. The number of imidazole rings is 1. The van der Waals surface area contributed by atoms with Crippen LogP contribution in [-0.2, 0) is 14.3 Å². The van der Waals surface area contributed by atoms with Crippen molar-refractivity contribution in [3.63, 3.8) is 0 Å². The smallest absolute Gasteiger partial charge is 0.329 e. The highest BCUT2D eigenvalue weighted by Gasteiger charge is 2.36. The van der Waals surface area contributed by atoms with Crippen molar-refractivity contribution in [2.75, 3.05) is 16.8 Å². The van der Waals surface area contributed by atoms with Gasteiger partial charge in [-0.1, -0.05) is 0 Å². The fraction of sp³-hybridized carbons (Fsp3) is 0.562. The van der Waals surface area contributed by atoms with Gasteiger partial charge in [0.05, 0.1) is 6.33 Å². The van der Waals surface area contributed by atoms with Crippen LogP contribution in [0.1, 0.15) is 40.5 Å². The van der Waals surface area contributed by atoms with Gasteiger partial charge in [0.25, 0.3) is 0 Å². The number of H-pyrrole nitrogens is 1. The molecular weight excluding hydrogens is 324 g/mol. The Hall–Kier alpha value is -2.71. The molecular formula is C16H22N6O3. The topological polar surface area (TPSA) is 113 Å². The number of hydrogen-bond donors (Lipinski definition) is 2. The fourth-order valence-corrected chi connectivity index (χ4v) is 2.87. The average Bonchev–Trinajstić information content (AvgIpc) is 3.12. The maximum absolute atomic E-state index is 12.6. The average molecular weight is 346 g/mol. The molecule has 134 valence electrons. The Labute approximate surface area is 145 Å². The molecule has 0 unspecified atom stereocenters. The molecule has 2 aromatic heterocycles. The van der Waals surface area contributed by atoms with E-state index in [4.69, 9.17) is 4.74 Å². The molecule has 1 fully saturated rings. The first-order valence-corrected chi connectivity index (χ1v) is 8.23. The highest BCUT2D eigenvalue weighted by Crippen LogP contribution is 2.30. The Morgan fingerprint density at radius 3 is 2.80 bits per heavy atom. The zero-order valence-corrected chi connectivity index (χ0v) is 14.8. The lowest BCUT2D eigenvalue weighted by Crippen LogP contribution is -2.41. The first kappa shape index (κ1) is 17.1. The minimum absolute atomic E-state index is 0.164. The van der Waals surface area contributed by atoms with E-state index in [-0.39, 0.29) is 17.8 Å². The molecule has 0 aromatic carbocycles. The van der Waals surface area contributed by atoms with Crippen molar-refractivity contribution in [3.05, 3.63) is 6.33 Å². The van der Waals surface area contributed by atoms with Gasteiger partial charge in [0.2, 0.25) is 11.9 Å². The normalized spacial score (nSPS) is 17.8. The number of carbonyl (C=O) groups is 2. The van der Waals surface area contributed by atoms with Crippen LogP contribution < -0.4 is 10.2 Å². The molecule has 25 heavy (non-hydrogen) atoms. The van der Waals surface area contributed by atoms with E-state index in [2.05, 4.69) is 25.3 Å². The van der Waals surface area contributed by atoms with E-state index in [1.807, 2.05) is 25.7 Å². The number of amides is 1. The molecule has 2 N–H and O–H groups in total. The number of carbonyl (C=O) groups excluding carboxylic acids is 2. The van der Waals surface area contributed by atoms with Gasteiger partial charge < -0.3 is 14.6 Å².